The lowest BCUT2D eigenvalue weighted by Gasteiger charge is -2.36. The first-order chi connectivity index (χ1) is 8.61. The lowest BCUT2D eigenvalue weighted by atomic mass is 9.86. The molecule has 0 bridgehead atoms. The van der Waals surface area contributed by atoms with Gasteiger partial charge in [0.15, 0.2) is 0 Å². The van der Waals surface area contributed by atoms with Gasteiger partial charge in [-0.15, -0.1) is 11.6 Å². The fraction of sp³-hybridized carbons (Fsp3) is 0.600. The molecule has 0 amide bonds. The van der Waals surface area contributed by atoms with Crippen molar-refractivity contribution < 1.29 is 4.39 Å². The minimum atomic E-state index is -0.202. The predicted octanol–water partition coefficient (Wildman–Crippen LogP) is 4.44. The van der Waals surface area contributed by atoms with E-state index in [4.69, 9.17) is 11.6 Å². The SMILES string of the molecule is CC(C)C1CCN(c2ccc(F)cc2CCl)CC1. The average Bonchev–Trinajstić information content (AvgIpc) is 2.38. The zero-order valence-electron chi connectivity index (χ0n) is 11.1. The molecule has 0 atom stereocenters. The molecule has 1 aliphatic rings. The third-order valence-electron chi connectivity index (χ3n) is 4.01. The van der Waals surface area contributed by atoms with Crippen LogP contribution in [0.5, 0.6) is 0 Å². The van der Waals surface area contributed by atoms with Gasteiger partial charge in [0.05, 0.1) is 0 Å². The number of anilines is 1. The molecule has 1 aromatic rings. The topological polar surface area (TPSA) is 3.24 Å². The quantitative estimate of drug-likeness (QED) is 0.734. The summed E-state index contributed by atoms with van der Waals surface area (Å²) >= 11 is 5.91. The van der Waals surface area contributed by atoms with Crippen LogP contribution in [0.1, 0.15) is 32.3 Å². The Morgan fingerprint density at radius 2 is 2.00 bits per heavy atom. The molecule has 18 heavy (non-hydrogen) atoms. The predicted molar refractivity (Wildman–Crippen MR) is 75.7 cm³/mol. The lowest BCUT2D eigenvalue weighted by molar-refractivity contribution is 0.311. The maximum Gasteiger partial charge on any atom is 0.123 e. The summed E-state index contributed by atoms with van der Waals surface area (Å²) in [6, 6.07) is 4.94. The molecule has 0 spiro atoms. The highest BCUT2D eigenvalue weighted by Gasteiger charge is 2.22. The Labute approximate surface area is 114 Å². The number of hydrogen-bond donors (Lipinski definition) is 0. The van der Waals surface area contributed by atoms with Crippen LogP contribution in [0.4, 0.5) is 10.1 Å². The Bertz CT molecular complexity index is 397. The van der Waals surface area contributed by atoms with Crippen LogP contribution in [0, 0.1) is 17.7 Å². The van der Waals surface area contributed by atoms with Gasteiger partial charge in [0, 0.05) is 24.7 Å². The normalized spacial score (nSPS) is 17.5. The number of piperidine rings is 1. The Morgan fingerprint density at radius 1 is 1.33 bits per heavy atom. The molecule has 0 radical (unpaired) electrons. The van der Waals surface area contributed by atoms with E-state index in [1.165, 1.54) is 18.9 Å². The molecule has 0 aromatic heterocycles. The van der Waals surface area contributed by atoms with Crippen molar-refractivity contribution in [3.8, 4) is 0 Å². The standard InChI is InChI=1S/C15H21ClFN/c1-11(2)12-5-7-18(8-6-12)15-4-3-14(17)9-13(15)10-16/h3-4,9,11-12H,5-8,10H2,1-2H3. The Morgan fingerprint density at radius 3 is 2.56 bits per heavy atom. The molecule has 2 rings (SSSR count). The average molecular weight is 270 g/mol. The van der Waals surface area contributed by atoms with Crippen molar-refractivity contribution >= 4 is 17.3 Å². The van der Waals surface area contributed by atoms with E-state index in [1.54, 1.807) is 6.07 Å². The Hall–Kier alpha value is -0.760. The van der Waals surface area contributed by atoms with E-state index in [-0.39, 0.29) is 5.82 Å². The van der Waals surface area contributed by atoms with E-state index in [2.05, 4.69) is 18.7 Å². The third-order valence-corrected chi connectivity index (χ3v) is 4.30. The highest BCUT2D eigenvalue weighted by molar-refractivity contribution is 6.17. The van der Waals surface area contributed by atoms with Gasteiger partial charge in [-0.3, -0.25) is 0 Å². The summed E-state index contributed by atoms with van der Waals surface area (Å²) in [6.07, 6.45) is 2.44. The minimum Gasteiger partial charge on any atom is -0.371 e. The summed E-state index contributed by atoms with van der Waals surface area (Å²) in [6.45, 7) is 6.70. The molecule has 0 N–H and O–H groups in total. The fourth-order valence-electron chi connectivity index (χ4n) is 2.78. The first-order valence-electron chi connectivity index (χ1n) is 6.71. The molecule has 1 saturated heterocycles. The first kappa shape index (κ1) is 13.7. The monoisotopic (exact) mass is 269 g/mol. The molecule has 1 nitrogen and oxygen atoms in total. The highest BCUT2D eigenvalue weighted by Crippen LogP contribution is 2.30. The minimum absolute atomic E-state index is 0.202. The summed E-state index contributed by atoms with van der Waals surface area (Å²) in [7, 11) is 0. The van der Waals surface area contributed by atoms with E-state index < -0.39 is 0 Å². The number of halogens is 2. The number of hydrogen-bond acceptors (Lipinski definition) is 1. The zero-order valence-corrected chi connectivity index (χ0v) is 11.9. The summed E-state index contributed by atoms with van der Waals surface area (Å²) < 4.78 is 13.2. The van der Waals surface area contributed by atoms with Gasteiger partial charge in [-0.25, -0.2) is 4.39 Å². The smallest absolute Gasteiger partial charge is 0.123 e. The number of rotatable bonds is 3. The first-order valence-corrected chi connectivity index (χ1v) is 7.24. The summed E-state index contributed by atoms with van der Waals surface area (Å²) in [5.41, 5.74) is 2.01. The van der Waals surface area contributed by atoms with Crippen molar-refractivity contribution in [2.75, 3.05) is 18.0 Å². The maximum absolute atomic E-state index is 13.2. The molecule has 100 valence electrons. The molecule has 3 heteroatoms. The van der Waals surface area contributed by atoms with Gasteiger partial charge in [-0.1, -0.05) is 13.8 Å². The molecular weight excluding hydrogens is 249 g/mol. The van der Waals surface area contributed by atoms with E-state index in [0.717, 1.165) is 36.2 Å². The van der Waals surface area contributed by atoms with Crippen molar-refractivity contribution in [1.29, 1.82) is 0 Å². The molecule has 0 unspecified atom stereocenters. The van der Waals surface area contributed by atoms with Gasteiger partial charge >= 0.3 is 0 Å². The molecule has 1 heterocycles. The van der Waals surface area contributed by atoms with Gasteiger partial charge in [-0.05, 0) is 48.4 Å². The molecule has 1 aliphatic heterocycles. The second-order valence-corrected chi connectivity index (χ2v) is 5.74. The van der Waals surface area contributed by atoms with Crippen molar-refractivity contribution in [3.05, 3.63) is 29.6 Å². The third kappa shape index (κ3) is 2.97. The zero-order chi connectivity index (χ0) is 13.1. The van der Waals surface area contributed by atoms with Crippen LogP contribution in [0.2, 0.25) is 0 Å². The Balaban J connectivity index is 2.09. The van der Waals surface area contributed by atoms with Gasteiger partial charge in [0.25, 0.3) is 0 Å². The fourth-order valence-corrected chi connectivity index (χ4v) is 2.99. The number of benzene rings is 1. The van der Waals surface area contributed by atoms with Crippen molar-refractivity contribution in [1.82, 2.24) is 0 Å². The Kier molecular flexibility index (Phi) is 4.50. The van der Waals surface area contributed by atoms with E-state index in [0.29, 0.717) is 5.88 Å². The molecule has 0 saturated carbocycles. The van der Waals surface area contributed by atoms with Crippen LogP contribution < -0.4 is 4.90 Å². The van der Waals surface area contributed by atoms with Gasteiger partial charge in [0.2, 0.25) is 0 Å². The van der Waals surface area contributed by atoms with Crippen LogP contribution in [-0.4, -0.2) is 13.1 Å². The summed E-state index contributed by atoms with van der Waals surface area (Å²) in [4.78, 5) is 2.34. The second-order valence-electron chi connectivity index (χ2n) is 5.48. The van der Waals surface area contributed by atoms with Crippen LogP contribution >= 0.6 is 11.6 Å². The number of alkyl halides is 1. The largest absolute Gasteiger partial charge is 0.371 e. The molecule has 0 aliphatic carbocycles. The summed E-state index contributed by atoms with van der Waals surface area (Å²) in [5, 5.41) is 0. The van der Waals surface area contributed by atoms with Gasteiger partial charge < -0.3 is 4.90 Å². The van der Waals surface area contributed by atoms with Crippen molar-refractivity contribution in [2.45, 2.75) is 32.6 Å². The molecule has 1 fully saturated rings. The van der Waals surface area contributed by atoms with Crippen LogP contribution in [0.15, 0.2) is 18.2 Å². The molecular formula is C15H21ClFN. The van der Waals surface area contributed by atoms with Crippen LogP contribution in [0.25, 0.3) is 0 Å². The maximum atomic E-state index is 13.2. The highest BCUT2D eigenvalue weighted by atomic mass is 35.5. The number of nitrogens with zero attached hydrogens (tertiary/aromatic N) is 1. The van der Waals surface area contributed by atoms with Crippen molar-refractivity contribution in [2.24, 2.45) is 11.8 Å². The lowest BCUT2D eigenvalue weighted by Crippen LogP contribution is -2.35. The summed E-state index contributed by atoms with van der Waals surface area (Å²) in [5.74, 6) is 1.75. The van der Waals surface area contributed by atoms with Crippen LogP contribution in [0.3, 0.4) is 0 Å². The van der Waals surface area contributed by atoms with Crippen molar-refractivity contribution in [3.63, 3.8) is 0 Å². The van der Waals surface area contributed by atoms with Gasteiger partial charge in [-0.2, -0.15) is 0 Å². The van der Waals surface area contributed by atoms with Crippen LogP contribution in [-0.2, 0) is 5.88 Å². The molecule has 1 aromatic carbocycles. The van der Waals surface area contributed by atoms with E-state index in [9.17, 15) is 4.39 Å². The van der Waals surface area contributed by atoms with E-state index in [1.807, 2.05) is 6.07 Å². The second kappa shape index (κ2) is 5.92. The van der Waals surface area contributed by atoms with Gasteiger partial charge in [0.1, 0.15) is 5.82 Å². The van der Waals surface area contributed by atoms with E-state index >= 15 is 0 Å².